The predicted octanol–water partition coefficient (Wildman–Crippen LogP) is 4.72. The second-order valence-corrected chi connectivity index (χ2v) is 5.62. The molecule has 1 unspecified atom stereocenters. The van der Waals surface area contributed by atoms with Crippen molar-refractivity contribution in [1.82, 2.24) is 5.32 Å². The third kappa shape index (κ3) is 6.36. The topological polar surface area (TPSA) is 12.0 Å². The Morgan fingerprint density at radius 2 is 2.06 bits per heavy atom. The molecule has 0 saturated heterocycles. The Hall–Kier alpha value is -0.600. The van der Waals surface area contributed by atoms with Gasteiger partial charge in [-0.1, -0.05) is 41.1 Å². The molecule has 18 heavy (non-hydrogen) atoms. The average molecular weight is 310 g/mol. The van der Waals surface area contributed by atoms with Crippen molar-refractivity contribution >= 4 is 15.9 Å². The van der Waals surface area contributed by atoms with Crippen LogP contribution in [0.15, 0.2) is 41.4 Å². The van der Waals surface area contributed by atoms with Crippen LogP contribution >= 0.6 is 15.9 Å². The minimum atomic E-state index is 0.589. The Labute approximate surface area is 120 Å². The fraction of sp³-hybridized carbons (Fsp3) is 0.500. The molecule has 0 saturated carbocycles. The first-order valence-corrected chi connectivity index (χ1v) is 7.64. The van der Waals surface area contributed by atoms with E-state index >= 15 is 0 Å². The van der Waals surface area contributed by atoms with Gasteiger partial charge in [0.25, 0.3) is 0 Å². The van der Waals surface area contributed by atoms with Crippen molar-refractivity contribution in [3.05, 3.63) is 47.0 Å². The van der Waals surface area contributed by atoms with Gasteiger partial charge in [-0.3, -0.25) is 0 Å². The first kappa shape index (κ1) is 15.5. The van der Waals surface area contributed by atoms with Crippen LogP contribution in [0.3, 0.4) is 0 Å². The molecule has 1 nitrogen and oxygen atoms in total. The second kappa shape index (κ2) is 9.35. The molecule has 0 aliphatic carbocycles. The van der Waals surface area contributed by atoms with E-state index in [0.717, 1.165) is 23.9 Å². The van der Waals surface area contributed by atoms with Gasteiger partial charge < -0.3 is 5.32 Å². The van der Waals surface area contributed by atoms with E-state index in [1.807, 2.05) is 6.08 Å². The van der Waals surface area contributed by atoms with Gasteiger partial charge in [0.2, 0.25) is 0 Å². The summed E-state index contributed by atoms with van der Waals surface area (Å²) in [6, 6.07) is 9.24. The molecule has 0 fully saturated rings. The minimum absolute atomic E-state index is 0.589. The lowest BCUT2D eigenvalue weighted by atomic mass is 10.0. The van der Waals surface area contributed by atoms with Crippen molar-refractivity contribution in [2.45, 2.75) is 45.1 Å². The monoisotopic (exact) mass is 309 g/mol. The molecule has 100 valence electrons. The van der Waals surface area contributed by atoms with Crippen LogP contribution < -0.4 is 5.32 Å². The Balaban J connectivity index is 2.47. The van der Waals surface area contributed by atoms with Gasteiger partial charge in [0.15, 0.2) is 0 Å². The Kier molecular flexibility index (Phi) is 8.03. The van der Waals surface area contributed by atoms with Crippen LogP contribution in [-0.4, -0.2) is 12.6 Å². The summed E-state index contributed by atoms with van der Waals surface area (Å²) in [7, 11) is 0. The maximum absolute atomic E-state index is 3.79. The van der Waals surface area contributed by atoms with E-state index in [0.29, 0.717) is 6.04 Å². The molecule has 2 heteroatoms. The van der Waals surface area contributed by atoms with E-state index in [2.05, 4.69) is 59.0 Å². The summed E-state index contributed by atoms with van der Waals surface area (Å²) >= 11 is 3.48. The van der Waals surface area contributed by atoms with E-state index in [1.165, 1.54) is 24.8 Å². The van der Waals surface area contributed by atoms with Crippen molar-refractivity contribution in [3.63, 3.8) is 0 Å². The van der Waals surface area contributed by atoms with Gasteiger partial charge in [-0.2, -0.15) is 0 Å². The third-order valence-corrected chi connectivity index (χ3v) is 3.57. The zero-order chi connectivity index (χ0) is 13.2. The molecule has 0 bridgehead atoms. The molecule has 0 spiro atoms. The van der Waals surface area contributed by atoms with Crippen molar-refractivity contribution in [1.29, 1.82) is 0 Å². The van der Waals surface area contributed by atoms with Gasteiger partial charge in [0, 0.05) is 10.5 Å². The Morgan fingerprint density at radius 3 is 2.67 bits per heavy atom. The first-order chi connectivity index (χ1) is 8.76. The first-order valence-electron chi connectivity index (χ1n) is 6.85. The maximum Gasteiger partial charge on any atom is 0.0175 e. The highest BCUT2D eigenvalue weighted by molar-refractivity contribution is 9.10. The molecule has 0 heterocycles. The average Bonchev–Trinajstić information content (AvgIpc) is 2.38. The minimum Gasteiger partial charge on any atom is -0.314 e. The molecule has 1 N–H and O–H groups in total. The number of unbranched alkanes of at least 4 members (excludes halogenated alkanes) is 1. The number of nitrogens with one attached hydrogen (secondary N) is 1. The molecule has 0 aromatic heterocycles. The summed E-state index contributed by atoms with van der Waals surface area (Å²) in [5.74, 6) is 0. The molecule has 0 radical (unpaired) electrons. The fourth-order valence-corrected chi connectivity index (χ4v) is 2.30. The zero-order valence-corrected chi connectivity index (χ0v) is 12.9. The van der Waals surface area contributed by atoms with E-state index in [-0.39, 0.29) is 0 Å². The van der Waals surface area contributed by atoms with E-state index in [9.17, 15) is 0 Å². The van der Waals surface area contributed by atoms with Gasteiger partial charge in [0.1, 0.15) is 0 Å². The number of allylic oxidation sites excluding steroid dienone is 1. The van der Waals surface area contributed by atoms with Crippen molar-refractivity contribution in [2.24, 2.45) is 0 Å². The van der Waals surface area contributed by atoms with Crippen molar-refractivity contribution in [3.8, 4) is 0 Å². The van der Waals surface area contributed by atoms with Gasteiger partial charge >= 0.3 is 0 Å². The van der Waals surface area contributed by atoms with E-state index in [1.54, 1.807) is 0 Å². The van der Waals surface area contributed by atoms with Crippen LogP contribution in [0.25, 0.3) is 0 Å². The molecular formula is C16H24BrN. The van der Waals surface area contributed by atoms with Gasteiger partial charge in [0.05, 0.1) is 0 Å². The number of benzene rings is 1. The SMILES string of the molecule is C=CCCCC(Cc1ccc(Br)cc1)NCCC. The summed E-state index contributed by atoms with van der Waals surface area (Å²) in [5, 5.41) is 3.65. The molecular weight excluding hydrogens is 286 g/mol. The smallest absolute Gasteiger partial charge is 0.0175 e. The summed E-state index contributed by atoms with van der Waals surface area (Å²) in [4.78, 5) is 0. The summed E-state index contributed by atoms with van der Waals surface area (Å²) in [6.45, 7) is 7.11. The molecule has 1 aromatic rings. The van der Waals surface area contributed by atoms with E-state index < -0.39 is 0 Å². The molecule has 1 rings (SSSR count). The van der Waals surface area contributed by atoms with Crippen LogP contribution in [0.2, 0.25) is 0 Å². The van der Waals surface area contributed by atoms with Gasteiger partial charge in [-0.05, 0) is 56.3 Å². The lowest BCUT2D eigenvalue weighted by Crippen LogP contribution is -2.31. The summed E-state index contributed by atoms with van der Waals surface area (Å²) in [5.41, 5.74) is 1.41. The van der Waals surface area contributed by atoms with Gasteiger partial charge in [-0.15, -0.1) is 6.58 Å². The molecule has 0 aliphatic rings. The number of hydrogen-bond acceptors (Lipinski definition) is 1. The highest BCUT2D eigenvalue weighted by Gasteiger charge is 2.08. The van der Waals surface area contributed by atoms with Crippen LogP contribution in [-0.2, 0) is 6.42 Å². The van der Waals surface area contributed by atoms with Crippen LogP contribution in [0.4, 0.5) is 0 Å². The lowest BCUT2D eigenvalue weighted by Gasteiger charge is -2.18. The summed E-state index contributed by atoms with van der Waals surface area (Å²) in [6.07, 6.45) is 7.88. The van der Waals surface area contributed by atoms with Gasteiger partial charge in [-0.25, -0.2) is 0 Å². The molecule has 0 amide bonds. The molecule has 1 atom stereocenters. The third-order valence-electron chi connectivity index (χ3n) is 3.04. The quantitative estimate of drug-likeness (QED) is 0.514. The predicted molar refractivity (Wildman–Crippen MR) is 84.0 cm³/mol. The van der Waals surface area contributed by atoms with Crippen molar-refractivity contribution in [2.75, 3.05) is 6.54 Å². The van der Waals surface area contributed by atoms with Crippen LogP contribution in [0.1, 0.15) is 38.2 Å². The second-order valence-electron chi connectivity index (χ2n) is 4.70. The fourth-order valence-electron chi connectivity index (χ4n) is 2.04. The summed E-state index contributed by atoms with van der Waals surface area (Å²) < 4.78 is 1.15. The standard InChI is InChI=1S/C16H24BrN/c1-3-5-6-7-16(18-12-4-2)13-14-8-10-15(17)11-9-14/h3,8-11,16,18H,1,4-7,12-13H2,2H3. The number of hydrogen-bond donors (Lipinski definition) is 1. The normalized spacial score (nSPS) is 12.3. The highest BCUT2D eigenvalue weighted by Crippen LogP contribution is 2.14. The maximum atomic E-state index is 3.79. The lowest BCUT2D eigenvalue weighted by molar-refractivity contribution is 0.466. The molecule has 0 aliphatic heterocycles. The number of halogens is 1. The van der Waals surface area contributed by atoms with Crippen LogP contribution in [0, 0.1) is 0 Å². The Morgan fingerprint density at radius 1 is 1.33 bits per heavy atom. The van der Waals surface area contributed by atoms with Crippen LogP contribution in [0.5, 0.6) is 0 Å². The number of rotatable bonds is 9. The zero-order valence-electron chi connectivity index (χ0n) is 11.3. The Bertz CT molecular complexity index is 331. The van der Waals surface area contributed by atoms with Crippen molar-refractivity contribution < 1.29 is 0 Å². The highest BCUT2D eigenvalue weighted by atomic mass is 79.9. The largest absolute Gasteiger partial charge is 0.314 e. The van der Waals surface area contributed by atoms with E-state index in [4.69, 9.17) is 0 Å². The molecule has 1 aromatic carbocycles.